The van der Waals surface area contributed by atoms with Gasteiger partial charge in [-0.1, -0.05) is 6.07 Å². The van der Waals surface area contributed by atoms with Crippen LogP contribution in [-0.4, -0.2) is 15.6 Å². The van der Waals surface area contributed by atoms with Crippen molar-refractivity contribution in [2.24, 2.45) is 5.73 Å². The topological polar surface area (TPSA) is 43.8 Å². The van der Waals surface area contributed by atoms with Crippen LogP contribution in [0.3, 0.4) is 0 Å². The smallest absolute Gasteiger partial charge is 0.113 e. The van der Waals surface area contributed by atoms with Gasteiger partial charge in [0.2, 0.25) is 0 Å². The molecule has 0 radical (unpaired) electrons. The van der Waals surface area contributed by atoms with Gasteiger partial charge in [0.1, 0.15) is 5.82 Å². The second-order valence-corrected chi connectivity index (χ2v) is 6.54. The number of aromatic nitrogens is 2. The summed E-state index contributed by atoms with van der Waals surface area (Å²) in [5.74, 6) is 1.84. The van der Waals surface area contributed by atoms with Crippen LogP contribution in [0.15, 0.2) is 18.2 Å². The van der Waals surface area contributed by atoms with Crippen LogP contribution in [-0.2, 0) is 0 Å². The number of hydrogen-bond acceptors (Lipinski definition) is 2. The van der Waals surface area contributed by atoms with E-state index in [4.69, 9.17) is 10.7 Å². The van der Waals surface area contributed by atoms with Crippen molar-refractivity contribution in [2.75, 3.05) is 0 Å². The Labute approximate surface area is 121 Å². The first-order valence-electron chi connectivity index (χ1n) is 7.80. The molecule has 3 heteroatoms. The second-order valence-electron chi connectivity index (χ2n) is 6.54. The van der Waals surface area contributed by atoms with Crippen LogP contribution in [0.4, 0.5) is 0 Å². The summed E-state index contributed by atoms with van der Waals surface area (Å²) < 4.78 is 2.43. The van der Waals surface area contributed by atoms with Crippen molar-refractivity contribution in [1.29, 1.82) is 0 Å². The molecule has 3 nitrogen and oxygen atoms in total. The van der Waals surface area contributed by atoms with Gasteiger partial charge in [0, 0.05) is 18.0 Å². The van der Waals surface area contributed by atoms with Crippen LogP contribution in [0.25, 0.3) is 11.0 Å². The third kappa shape index (κ3) is 2.35. The normalized spacial score (nSPS) is 23.6. The zero-order valence-corrected chi connectivity index (χ0v) is 12.8. The average Bonchev–Trinajstić information content (AvgIpc) is 2.77. The molecular weight excluding hydrogens is 246 g/mol. The second kappa shape index (κ2) is 5.21. The number of nitrogens with two attached hydrogens (primary N) is 1. The summed E-state index contributed by atoms with van der Waals surface area (Å²) in [4.78, 5) is 4.97. The van der Waals surface area contributed by atoms with Crippen molar-refractivity contribution in [3.8, 4) is 0 Å². The molecule has 2 N–H and O–H groups in total. The Hall–Kier alpha value is -1.35. The summed E-state index contributed by atoms with van der Waals surface area (Å²) in [6, 6.07) is 7.45. The van der Waals surface area contributed by atoms with Gasteiger partial charge in [0.05, 0.1) is 11.0 Å². The highest BCUT2D eigenvalue weighted by Gasteiger charge is 2.25. The van der Waals surface area contributed by atoms with E-state index in [0.717, 1.165) is 18.4 Å². The molecule has 0 bridgehead atoms. The Morgan fingerprint density at radius 3 is 2.55 bits per heavy atom. The van der Waals surface area contributed by atoms with E-state index in [0.29, 0.717) is 18.0 Å². The van der Waals surface area contributed by atoms with E-state index in [2.05, 4.69) is 43.5 Å². The largest absolute Gasteiger partial charge is 0.328 e. The Morgan fingerprint density at radius 2 is 1.90 bits per heavy atom. The maximum atomic E-state index is 6.04. The average molecular weight is 271 g/mol. The summed E-state index contributed by atoms with van der Waals surface area (Å²) in [5, 5.41) is 0. The van der Waals surface area contributed by atoms with Gasteiger partial charge < -0.3 is 10.3 Å². The lowest BCUT2D eigenvalue weighted by molar-refractivity contribution is 0.372. The molecule has 3 rings (SSSR count). The molecule has 108 valence electrons. The fourth-order valence-corrected chi connectivity index (χ4v) is 3.44. The summed E-state index contributed by atoms with van der Waals surface area (Å²) >= 11 is 0. The van der Waals surface area contributed by atoms with E-state index in [1.54, 1.807) is 0 Å². The first-order chi connectivity index (χ1) is 9.56. The summed E-state index contributed by atoms with van der Waals surface area (Å²) in [6.07, 6.45) is 4.61. The molecule has 0 unspecified atom stereocenters. The predicted molar refractivity (Wildman–Crippen MR) is 84.0 cm³/mol. The Kier molecular flexibility index (Phi) is 3.55. The van der Waals surface area contributed by atoms with Gasteiger partial charge in [-0.3, -0.25) is 0 Å². The maximum absolute atomic E-state index is 6.04. The number of fused-ring (bicyclic) bond motifs is 1. The molecule has 2 aromatic rings. The lowest BCUT2D eigenvalue weighted by Crippen LogP contribution is -2.27. The highest BCUT2D eigenvalue weighted by atomic mass is 15.1. The Bertz CT molecular complexity index is 604. The Morgan fingerprint density at radius 1 is 1.20 bits per heavy atom. The van der Waals surface area contributed by atoms with E-state index in [9.17, 15) is 0 Å². The molecule has 0 atom stereocenters. The van der Waals surface area contributed by atoms with Crippen LogP contribution in [0.2, 0.25) is 0 Å². The van der Waals surface area contributed by atoms with Crippen molar-refractivity contribution in [3.63, 3.8) is 0 Å². The van der Waals surface area contributed by atoms with Crippen molar-refractivity contribution in [3.05, 3.63) is 29.6 Å². The van der Waals surface area contributed by atoms with Gasteiger partial charge in [-0.25, -0.2) is 4.98 Å². The van der Waals surface area contributed by atoms with Gasteiger partial charge in [0.25, 0.3) is 0 Å². The molecule has 1 fully saturated rings. The SMILES string of the molecule is Cc1ccc2c(c1)nc(C1CCC(N)CC1)n2C(C)C. The molecule has 20 heavy (non-hydrogen) atoms. The highest BCUT2D eigenvalue weighted by Crippen LogP contribution is 2.35. The zero-order chi connectivity index (χ0) is 14.3. The van der Waals surface area contributed by atoms with Gasteiger partial charge in [-0.2, -0.15) is 0 Å². The molecule has 1 heterocycles. The standard InChI is InChI=1S/C17H25N3/c1-11(2)20-16-9-4-12(3)10-15(16)19-17(20)13-5-7-14(18)8-6-13/h4,9-11,13-14H,5-8,18H2,1-3H3. The molecule has 0 amide bonds. The lowest BCUT2D eigenvalue weighted by atomic mass is 9.86. The number of benzene rings is 1. The molecule has 1 saturated carbocycles. The number of nitrogens with zero attached hydrogens (tertiary/aromatic N) is 2. The molecule has 1 aliphatic rings. The van der Waals surface area contributed by atoms with Crippen molar-refractivity contribution in [1.82, 2.24) is 9.55 Å². The lowest BCUT2D eigenvalue weighted by Gasteiger charge is -2.27. The Balaban J connectivity index is 2.07. The maximum Gasteiger partial charge on any atom is 0.113 e. The molecule has 0 spiro atoms. The third-order valence-electron chi connectivity index (χ3n) is 4.53. The first kappa shape index (κ1) is 13.6. The monoisotopic (exact) mass is 271 g/mol. The number of aryl methyl sites for hydroxylation is 1. The van der Waals surface area contributed by atoms with Crippen LogP contribution in [0.1, 0.15) is 62.9 Å². The predicted octanol–water partition coefficient (Wildman–Crippen LogP) is 3.91. The molecular formula is C17H25N3. The number of hydrogen-bond donors (Lipinski definition) is 1. The van der Waals surface area contributed by atoms with Crippen molar-refractivity contribution in [2.45, 2.75) is 64.5 Å². The van der Waals surface area contributed by atoms with E-state index in [-0.39, 0.29) is 0 Å². The van der Waals surface area contributed by atoms with E-state index in [1.807, 2.05) is 0 Å². The quantitative estimate of drug-likeness (QED) is 0.900. The van der Waals surface area contributed by atoms with Gasteiger partial charge >= 0.3 is 0 Å². The van der Waals surface area contributed by atoms with Crippen LogP contribution in [0.5, 0.6) is 0 Å². The fourth-order valence-electron chi connectivity index (χ4n) is 3.44. The zero-order valence-electron chi connectivity index (χ0n) is 12.8. The number of imidazole rings is 1. The van der Waals surface area contributed by atoms with Gasteiger partial charge in [0.15, 0.2) is 0 Å². The first-order valence-corrected chi connectivity index (χ1v) is 7.80. The van der Waals surface area contributed by atoms with Crippen LogP contribution >= 0.6 is 0 Å². The van der Waals surface area contributed by atoms with Gasteiger partial charge in [-0.05, 0) is 64.2 Å². The molecule has 0 aliphatic heterocycles. The third-order valence-corrected chi connectivity index (χ3v) is 4.53. The minimum absolute atomic E-state index is 0.394. The summed E-state index contributed by atoms with van der Waals surface area (Å²) in [6.45, 7) is 6.63. The van der Waals surface area contributed by atoms with Crippen LogP contribution < -0.4 is 5.73 Å². The van der Waals surface area contributed by atoms with Crippen molar-refractivity contribution < 1.29 is 0 Å². The molecule has 1 aromatic heterocycles. The summed E-state index contributed by atoms with van der Waals surface area (Å²) in [7, 11) is 0. The molecule has 0 saturated heterocycles. The van der Waals surface area contributed by atoms with Crippen LogP contribution in [0, 0.1) is 6.92 Å². The number of rotatable bonds is 2. The molecule has 1 aromatic carbocycles. The van der Waals surface area contributed by atoms with Gasteiger partial charge in [-0.15, -0.1) is 0 Å². The van der Waals surface area contributed by atoms with Crippen molar-refractivity contribution >= 4 is 11.0 Å². The minimum Gasteiger partial charge on any atom is -0.328 e. The molecule has 1 aliphatic carbocycles. The highest BCUT2D eigenvalue weighted by molar-refractivity contribution is 5.77. The minimum atomic E-state index is 0.394. The van der Waals surface area contributed by atoms with E-state index in [1.165, 1.54) is 29.7 Å². The van der Waals surface area contributed by atoms with E-state index < -0.39 is 0 Å². The fraction of sp³-hybridized carbons (Fsp3) is 0.588. The van der Waals surface area contributed by atoms with E-state index >= 15 is 0 Å². The summed E-state index contributed by atoms with van der Waals surface area (Å²) in [5.41, 5.74) is 9.74.